The van der Waals surface area contributed by atoms with E-state index in [4.69, 9.17) is 4.74 Å². The van der Waals surface area contributed by atoms with Crippen LogP contribution in [0.5, 0.6) is 0 Å². The number of carbonyl (C=O) groups excluding carboxylic acids is 1. The van der Waals surface area contributed by atoms with E-state index in [1.54, 1.807) is 7.05 Å². The standard InChI is InChI=1S/C12H24N2O2/c1-10(2)14-12(7-5-4-6-8-12)9-16-11(15)13-3/h10,14H,4-9H2,1-3H3,(H,13,15). The van der Waals surface area contributed by atoms with Gasteiger partial charge in [-0.1, -0.05) is 33.1 Å². The second kappa shape index (κ2) is 6.09. The van der Waals surface area contributed by atoms with Gasteiger partial charge in [-0.2, -0.15) is 0 Å². The lowest BCUT2D eigenvalue weighted by atomic mass is 9.82. The van der Waals surface area contributed by atoms with Crippen molar-refractivity contribution in [2.75, 3.05) is 13.7 Å². The maximum atomic E-state index is 11.1. The van der Waals surface area contributed by atoms with Gasteiger partial charge >= 0.3 is 6.09 Å². The van der Waals surface area contributed by atoms with Gasteiger partial charge in [0.15, 0.2) is 0 Å². The molecule has 2 N–H and O–H groups in total. The first-order valence-corrected chi connectivity index (χ1v) is 6.20. The molecule has 1 aliphatic carbocycles. The Kier molecular flexibility index (Phi) is 5.06. The zero-order valence-corrected chi connectivity index (χ0v) is 10.6. The molecule has 1 fully saturated rings. The van der Waals surface area contributed by atoms with E-state index in [0.717, 1.165) is 12.8 Å². The average molecular weight is 228 g/mol. The van der Waals surface area contributed by atoms with Crippen molar-refractivity contribution in [1.82, 2.24) is 10.6 Å². The summed E-state index contributed by atoms with van der Waals surface area (Å²) in [5.41, 5.74) is -0.00106. The van der Waals surface area contributed by atoms with Crippen LogP contribution in [0, 0.1) is 0 Å². The van der Waals surface area contributed by atoms with E-state index < -0.39 is 0 Å². The number of hydrogen-bond acceptors (Lipinski definition) is 3. The summed E-state index contributed by atoms with van der Waals surface area (Å²) in [4.78, 5) is 11.1. The molecule has 0 spiro atoms. The molecule has 0 atom stereocenters. The molecular formula is C12H24N2O2. The summed E-state index contributed by atoms with van der Waals surface area (Å²) in [5.74, 6) is 0. The Bertz CT molecular complexity index is 223. The third-order valence-electron chi connectivity index (χ3n) is 3.09. The zero-order valence-electron chi connectivity index (χ0n) is 10.6. The minimum Gasteiger partial charge on any atom is -0.448 e. The Morgan fingerprint density at radius 1 is 1.31 bits per heavy atom. The number of amides is 1. The summed E-state index contributed by atoms with van der Waals surface area (Å²) in [6.07, 6.45) is 5.59. The first-order valence-electron chi connectivity index (χ1n) is 6.20. The van der Waals surface area contributed by atoms with Crippen molar-refractivity contribution < 1.29 is 9.53 Å². The van der Waals surface area contributed by atoms with E-state index >= 15 is 0 Å². The molecule has 1 rings (SSSR count). The van der Waals surface area contributed by atoms with E-state index in [9.17, 15) is 4.79 Å². The van der Waals surface area contributed by atoms with E-state index in [2.05, 4.69) is 24.5 Å². The van der Waals surface area contributed by atoms with Crippen molar-refractivity contribution in [2.45, 2.75) is 57.5 Å². The van der Waals surface area contributed by atoms with E-state index in [-0.39, 0.29) is 11.6 Å². The second-order valence-electron chi connectivity index (χ2n) is 4.97. The Balaban J connectivity index is 2.52. The van der Waals surface area contributed by atoms with Gasteiger partial charge in [0, 0.05) is 13.1 Å². The number of alkyl carbamates (subject to hydrolysis) is 1. The highest BCUT2D eigenvalue weighted by Crippen LogP contribution is 2.29. The molecule has 94 valence electrons. The molecule has 0 heterocycles. The summed E-state index contributed by atoms with van der Waals surface area (Å²) < 4.78 is 5.22. The maximum absolute atomic E-state index is 11.1. The monoisotopic (exact) mass is 228 g/mol. The summed E-state index contributed by atoms with van der Waals surface area (Å²) in [5, 5.41) is 6.06. The smallest absolute Gasteiger partial charge is 0.406 e. The predicted molar refractivity (Wildman–Crippen MR) is 64.5 cm³/mol. The molecule has 0 unspecified atom stereocenters. The molecule has 0 aromatic carbocycles. The van der Waals surface area contributed by atoms with Gasteiger partial charge in [-0.3, -0.25) is 0 Å². The molecule has 0 aromatic heterocycles. The fourth-order valence-electron chi connectivity index (χ4n) is 2.45. The number of ether oxygens (including phenoxy) is 1. The molecule has 1 amide bonds. The van der Waals surface area contributed by atoms with E-state index in [1.165, 1.54) is 19.3 Å². The van der Waals surface area contributed by atoms with Crippen LogP contribution >= 0.6 is 0 Å². The summed E-state index contributed by atoms with van der Waals surface area (Å²) >= 11 is 0. The number of nitrogens with one attached hydrogen (secondary N) is 2. The van der Waals surface area contributed by atoms with Gasteiger partial charge in [-0.15, -0.1) is 0 Å². The van der Waals surface area contributed by atoms with Gasteiger partial charge < -0.3 is 15.4 Å². The fraction of sp³-hybridized carbons (Fsp3) is 0.917. The van der Waals surface area contributed by atoms with Gasteiger partial charge in [0.05, 0.1) is 5.54 Å². The quantitative estimate of drug-likeness (QED) is 0.774. The topological polar surface area (TPSA) is 50.4 Å². The van der Waals surface area contributed by atoms with Crippen LogP contribution in [0.4, 0.5) is 4.79 Å². The van der Waals surface area contributed by atoms with Crippen molar-refractivity contribution in [3.05, 3.63) is 0 Å². The average Bonchev–Trinajstić information content (AvgIpc) is 2.26. The maximum Gasteiger partial charge on any atom is 0.406 e. The number of rotatable bonds is 4. The van der Waals surface area contributed by atoms with Gasteiger partial charge in [0.2, 0.25) is 0 Å². The van der Waals surface area contributed by atoms with Crippen molar-refractivity contribution in [3.63, 3.8) is 0 Å². The van der Waals surface area contributed by atoms with E-state index in [1.807, 2.05) is 0 Å². The highest BCUT2D eigenvalue weighted by Gasteiger charge is 2.33. The Hall–Kier alpha value is -0.770. The molecule has 0 saturated heterocycles. The van der Waals surface area contributed by atoms with Crippen LogP contribution in [-0.4, -0.2) is 31.3 Å². The normalized spacial score (nSPS) is 19.5. The first-order chi connectivity index (χ1) is 7.58. The number of hydrogen-bond donors (Lipinski definition) is 2. The predicted octanol–water partition coefficient (Wildman–Crippen LogP) is 2.04. The van der Waals surface area contributed by atoms with E-state index in [0.29, 0.717) is 12.6 Å². The lowest BCUT2D eigenvalue weighted by Gasteiger charge is -2.39. The highest BCUT2D eigenvalue weighted by molar-refractivity contribution is 5.66. The largest absolute Gasteiger partial charge is 0.448 e. The van der Waals surface area contributed by atoms with Gasteiger partial charge in [-0.05, 0) is 12.8 Å². The molecular weight excluding hydrogens is 204 g/mol. The van der Waals surface area contributed by atoms with Crippen molar-refractivity contribution in [2.24, 2.45) is 0 Å². The molecule has 1 saturated carbocycles. The molecule has 0 bridgehead atoms. The summed E-state index contributed by atoms with van der Waals surface area (Å²) in [6.45, 7) is 4.75. The summed E-state index contributed by atoms with van der Waals surface area (Å²) in [7, 11) is 1.59. The van der Waals surface area contributed by atoms with Crippen LogP contribution in [0.15, 0.2) is 0 Å². The lowest BCUT2D eigenvalue weighted by molar-refractivity contribution is 0.0791. The molecule has 0 radical (unpaired) electrons. The zero-order chi connectivity index (χ0) is 12.0. The van der Waals surface area contributed by atoms with Crippen LogP contribution < -0.4 is 10.6 Å². The van der Waals surface area contributed by atoms with Crippen LogP contribution in [0.3, 0.4) is 0 Å². The van der Waals surface area contributed by atoms with Crippen LogP contribution in [-0.2, 0) is 4.74 Å². The van der Waals surface area contributed by atoms with Crippen LogP contribution in [0.1, 0.15) is 46.0 Å². The van der Waals surface area contributed by atoms with Crippen LogP contribution in [0.2, 0.25) is 0 Å². The molecule has 0 aliphatic heterocycles. The molecule has 4 heteroatoms. The lowest BCUT2D eigenvalue weighted by Crippen LogP contribution is -2.53. The number of carbonyl (C=O) groups is 1. The second-order valence-corrected chi connectivity index (χ2v) is 4.97. The Labute approximate surface area is 98.1 Å². The third-order valence-corrected chi connectivity index (χ3v) is 3.09. The minimum atomic E-state index is -0.337. The third kappa shape index (κ3) is 4.00. The fourth-order valence-corrected chi connectivity index (χ4v) is 2.45. The van der Waals surface area contributed by atoms with Crippen molar-refractivity contribution in [3.8, 4) is 0 Å². The molecule has 16 heavy (non-hydrogen) atoms. The van der Waals surface area contributed by atoms with Gasteiger partial charge in [0.1, 0.15) is 6.61 Å². The van der Waals surface area contributed by atoms with Gasteiger partial charge in [-0.25, -0.2) is 4.79 Å². The molecule has 4 nitrogen and oxygen atoms in total. The Morgan fingerprint density at radius 2 is 1.94 bits per heavy atom. The highest BCUT2D eigenvalue weighted by atomic mass is 16.5. The molecule has 1 aliphatic rings. The molecule has 0 aromatic rings. The van der Waals surface area contributed by atoms with Gasteiger partial charge in [0.25, 0.3) is 0 Å². The van der Waals surface area contributed by atoms with Crippen molar-refractivity contribution in [1.29, 1.82) is 0 Å². The van der Waals surface area contributed by atoms with Crippen molar-refractivity contribution >= 4 is 6.09 Å². The minimum absolute atomic E-state index is 0.00106. The summed E-state index contributed by atoms with van der Waals surface area (Å²) in [6, 6.07) is 0.423. The SMILES string of the molecule is CNC(=O)OCC1(NC(C)C)CCCCC1. The Morgan fingerprint density at radius 3 is 2.44 bits per heavy atom. The first kappa shape index (κ1) is 13.3. The van der Waals surface area contributed by atoms with Crippen LogP contribution in [0.25, 0.3) is 0 Å².